The molecule has 118 valence electrons. The van der Waals surface area contributed by atoms with Crippen LogP contribution in [-0.4, -0.2) is 10.8 Å². The van der Waals surface area contributed by atoms with Crippen molar-refractivity contribution in [3.05, 3.63) is 69.2 Å². The van der Waals surface area contributed by atoms with Crippen LogP contribution in [-0.2, 0) is 0 Å². The summed E-state index contributed by atoms with van der Waals surface area (Å²) in [6.07, 6.45) is 1.55. The number of allylic oxidation sites excluding steroid dienone is 3. The monoisotopic (exact) mass is 323 g/mol. The van der Waals surface area contributed by atoms with E-state index < -0.39 is 0 Å². The first-order chi connectivity index (χ1) is 11.0. The van der Waals surface area contributed by atoms with Crippen molar-refractivity contribution in [2.75, 3.05) is 0 Å². The van der Waals surface area contributed by atoms with E-state index in [2.05, 4.69) is 23.9 Å². The number of thiazole rings is 1. The highest BCUT2D eigenvalue weighted by atomic mass is 32.1. The molecule has 1 atom stereocenters. The Morgan fingerprint density at radius 2 is 1.91 bits per heavy atom. The van der Waals surface area contributed by atoms with E-state index in [0.717, 1.165) is 51.4 Å². The largest absolute Gasteiger partial charge is 0.289 e. The third-order valence-electron chi connectivity index (χ3n) is 4.50. The van der Waals surface area contributed by atoms with Gasteiger partial charge in [0.2, 0.25) is 0 Å². The highest BCUT2D eigenvalue weighted by molar-refractivity contribution is 7.09. The predicted octanol–water partition coefficient (Wildman–Crippen LogP) is 5.56. The molecule has 0 fully saturated rings. The first-order valence-corrected chi connectivity index (χ1v) is 8.88. The number of carbonyl (C=O) groups excluding carboxylic acids is 1. The van der Waals surface area contributed by atoms with Gasteiger partial charge in [-0.25, -0.2) is 4.98 Å². The van der Waals surface area contributed by atoms with Crippen molar-refractivity contribution in [2.24, 2.45) is 0 Å². The number of nitrogens with zero attached hydrogens (tertiary/aromatic N) is 1. The third-order valence-corrected chi connectivity index (χ3v) is 5.30. The highest BCUT2D eigenvalue weighted by Gasteiger charge is 2.28. The molecule has 23 heavy (non-hydrogen) atoms. The van der Waals surface area contributed by atoms with Crippen molar-refractivity contribution >= 4 is 22.7 Å². The number of hydrogen-bond donors (Lipinski definition) is 0. The average Bonchev–Trinajstić information content (AvgIpc) is 2.99. The van der Waals surface area contributed by atoms with Crippen LogP contribution in [0.3, 0.4) is 0 Å². The minimum absolute atomic E-state index is 0.159. The molecule has 1 aliphatic rings. The minimum atomic E-state index is 0.159. The van der Waals surface area contributed by atoms with E-state index in [1.807, 2.05) is 38.1 Å². The minimum Gasteiger partial charge on any atom is -0.289 e. The van der Waals surface area contributed by atoms with Gasteiger partial charge in [0.25, 0.3) is 0 Å². The molecule has 0 bridgehead atoms. The Bertz CT molecular complexity index is 813. The topological polar surface area (TPSA) is 30.0 Å². The van der Waals surface area contributed by atoms with E-state index in [-0.39, 0.29) is 11.7 Å². The number of hydrogen-bond acceptors (Lipinski definition) is 3. The molecule has 1 aromatic carbocycles. The number of aryl methyl sites for hydroxylation is 1. The van der Waals surface area contributed by atoms with Gasteiger partial charge < -0.3 is 0 Å². The van der Waals surface area contributed by atoms with Gasteiger partial charge in [0.15, 0.2) is 5.78 Å². The van der Waals surface area contributed by atoms with Crippen molar-refractivity contribution < 1.29 is 4.79 Å². The van der Waals surface area contributed by atoms with Crippen LogP contribution in [0.2, 0.25) is 0 Å². The Morgan fingerprint density at radius 3 is 2.52 bits per heavy atom. The van der Waals surface area contributed by atoms with E-state index in [0.29, 0.717) is 0 Å². The molecule has 0 saturated heterocycles. The molecule has 0 N–H and O–H groups in total. The molecular formula is C20H21NOS. The maximum absolute atomic E-state index is 12.8. The zero-order valence-electron chi connectivity index (χ0n) is 13.8. The Labute approximate surface area is 141 Å². The smallest absolute Gasteiger partial charge is 0.189 e. The second kappa shape index (κ2) is 6.25. The molecule has 2 nitrogen and oxygen atoms in total. The van der Waals surface area contributed by atoms with Gasteiger partial charge in [-0.15, -0.1) is 11.3 Å². The van der Waals surface area contributed by atoms with Crippen molar-refractivity contribution in [1.29, 1.82) is 0 Å². The summed E-state index contributed by atoms with van der Waals surface area (Å²) in [5, 5.41) is 3.20. The van der Waals surface area contributed by atoms with Crippen LogP contribution < -0.4 is 0 Å². The Morgan fingerprint density at radius 1 is 1.22 bits per heavy atom. The second-order valence-electron chi connectivity index (χ2n) is 6.06. The van der Waals surface area contributed by atoms with Gasteiger partial charge in [0, 0.05) is 22.4 Å². The maximum Gasteiger partial charge on any atom is 0.189 e. The number of Topliss-reactive ketones (excluding diaryl/α,β-unsaturated/α-hetero) is 1. The number of fused-ring (bicyclic) bond motifs is 1. The molecule has 0 spiro atoms. The van der Waals surface area contributed by atoms with Gasteiger partial charge in [-0.3, -0.25) is 4.79 Å². The lowest BCUT2D eigenvalue weighted by molar-refractivity contribution is 0.102. The third kappa shape index (κ3) is 2.81. The van der Waals surface area contributed by atoms with Gasteiger partial charge in [-0.05, 0) is 36.5 Å². The molecule has 1 unspecified atom stereocenters. The SMILES string of the molecule is C=C1C(CC(C)c2csc(C)n2)=C(CC)C(=O)c2ccccc21. The average molecular weight is 323 g/mol. The van der Waals surface area contributed by atoms with Gasteiger partial charge in [0.1, 0.15) is 0 Å². The predicted molar refractivity (Wildman–Crippen MR) is 97.0 cm³/mol. The zero-order valence-corrected chi connectivity index (χ0v) is 14.7. The van der Waals surface area contributed by atoms with E-state index in [1.165, 1.54) is 0 Å². The number of benzene rings is 1. The zero-order chi connectivity index (χ0) is 16.6. The van der Waals surface area contributed by atoms with Crippen LogP contribution in [0.15, 0.2) is 47.4 Å². The molecule has 0 amide bonds. The van der Waals surface area contributed by atoms with Crippen molar-refractivity contribution in [2.45, 2.75) is 39.5 Å². The molecule has 0 radical (unpaired) electrons. The highest BCUT2D eigenvalue weighted by Crippen LogP contribution is 2.40. The van der Waals surface area contributed by atoms with E-state index in [1.54, 1.807) is 11.3 Å². The fourth-order valence-corrected chi connectivity index (χ4v) is 3.96. The lowest BCUT2D eigenvalue weighted by Crippen LogP contribution is -2.16. The van der Waals surface area contributed by atoms with Crippen LogP contribution in [0.1, 0.15) is 59.2 Å². The number of carbonyl (C=O) groups is 1. The Balaban J connectivity index is 1.99. The summed E-state index contributed by atoms with van der Waals surface area (Å²) < 4.78 is 0. The van der Waals surface area contributed by atoms with Crippen molar-refractivity contribution in [3.8, 4) is 0 Å². The van der Waals surface area contributed by atoms with Crippen molar-refractivity contribution in [1.82, 2.24) is 4.98 Å². The van der Waals surface area contributed by atoms with E-state index in [9.17, 15) is 4.79 Å². The molecule has 0 aliphatic heterocycles. The molecule has 3 rings (SSSR count). The summed E-state index contributed by atoms with van der Waals surface area (Å²) in [5.74, 6) is 0.443. The van der Waals surface area contributed by atoms with Crippen LogP contribution in [0.5, 0.6) is 0 Å². The fourth-order valence-electron chi connectivity index (χ4n) is 3.23. The van der Waals surface area contributed by atoms with Crippen LogP contribution in [0.25, 0.3) is 5.57 Å². The van der Waals surface area contributed by atoms with Crippen LogP contribution in [0, 0.1) is 6.92 Å². The first kappa shape index (κ1) is 15.9. The van der Waals surface area contributed by atoms with Gasteiger partial charge in [-0.1, -0.05) is 44.7 Å². The Kier molecular flexibility index (Phi) is 4.31. The molecule has 2 aromatic rings. The summed E-state index contributed by atoms with van der Waals surface area (Å²) in [7, 11) is 0. The summed E-state index contributed by atoms with van der Waals surface area (Å²) in [6.45, 7) is 10.5. The lowest BCUT2D eigenvalue weighted by Gasteiger charge is -2.25. The molecule has 1 aromatic heterocycles. The number of aromatic nitrogens is 1. The normalized spacial score (nSPS) is 15.8. The van der Waals surface area contributed by atoms with Crippen LogP contribution in [0.4, 0.5) is 0 Å². The summed E-state index contributed by atoms with van der Waals surface area (Å²) >= 11 is 1.67. The van der Waals surface area contributed by atoms with Gasteiger partial charge >= 0.3 is 0 Å². The molecular weight excluding hydrogens is 302 g/mol. The van der Waals surface area contributed by atoms with E-state index in [4.69, 9.17) is 0 Å². The molecule has 3 heteroatoms. The molecule has 1 aliphatic carbocycles. The number of ketones is 1. The fraction of sp³-hybridized carbons (Fsp3) is 0.300. The molecule has 1 heterocycles. The van der Waals surface area contributed by atoms with Gasteiger partial charge in [-0.2, -0.15) is 0 Å². The Hall–Kier alpha value is -2.00. The second-order valence-corrected chi connectivity index (χ2v) is 7.12. The standard InChI is InChI=1S/C20H21NOS/c1-5-15-18(10-12(2)19-11-23-14(4)21-19)13(3)16-8-6-7-9-17(16)20(15)22/h6-9,11-12H,3,5,10H2,1-2,4H3. The summed E-state index contributed by atoms with van der Waals surface area (Å²) in [5.41, 5.74) is 5.88. The van der Waals surface area contributed by atoms with E-state index >= 15 is 0 Å². The number of rotatable bonds is 4. The summed E-state index contributed by atoms with van der Waals surface area (Å²) in [6, 6.07) is 7.80. The first-order valence-electron chi connectivity index (χ1n) is 8.00. The maximum atomic E-state index is 12.8. The quantitative estimate of drug-likeness (QED) is 0.737. The van der Waals surface area contributed by atoms with Crippen molar-refractivity contribution in [3.63, 3.8) is 0 Å². The lowest BCUT2D eigenvalue weighted by atomic mass is 9.78. The summed E-state index contributed by atoms with van der Waals surface area (Å²) in [4.78, 5) is 17.4. The van der Waals surface area contributed by atoms with Crippen LogP contribution >= 0.6 is 11.3 Å². The molecule has 0 saturated carbocycles. The van der Waals surface area contributed by atoms with Gasteiger partial charge in [0.05, 0.1) is 10.7 Å².